The van der Waals surface area contributed by atoms with Gasteiger partial charge in [0.2, 0.25) is 0 Å². The summed E-state index contributed by atoms with van der Waals surface area (Å²) in [5.41, 5.74) is 0. The number of aliphatic hydroxyl groups is 1. The molecule has 0 saturated carbocycles. The van der Waals surface area contributed by atoms with Crippen LogP contribution >= 0.6 is 15.6 Å². The Labute approximate surface area is 619 Å². The molecule has 17 nitrogen and oxygen atoms in total. The van der Waals surface area contributed by atoms with Crippen LogP contribution in [0.3, 0.4) is 0 Å². The Balaban J connectivity index is 5.19. The second-order valence-corrected chi connectivity index (χ2v) is 33.1. The van der Waals surface area contributed by atoms with Crippen molar-refractivity contribution in [3.05, 3.63) is 0 Å². The molecule has 0 heterocycles. The van der Waals surface area contributed by atoms with Crippen LogP contribution in [-0.2, 0) is 65.4 Å². The number of hydrogen-bond acceptors (Lipinski definition) is 15. The second-order valence-electron chi connectivity index (χ2n) is 30.2. The predicted octanol–water partition coefficient (Wildman–Crippen LogP) is 24.7. The third-order valence-electron chi connectivity index (χ3n) is 19.6. The summed E-state index contributed by atoms with van der Waals surface area (Å²) in [6, 6.07) is 0. The average Bonchev–Trinajstić information content (AvgIpc) is 0.918. The first-order chi connectivity index (χ1) is 48.9. The Bertz CT molecular complexity index is 1940. The molecule has 3 N–H and O–H groups in total. The van der Waals surface area contributed by atoms with E-state index >= 15 is 0 Å². The molecule has 0 aromatic heterocycles. The molecular weight excluding hydrogens is 1320 g/mol. The van der Waals surface area contributed by atoms with E-state index in [1.807, 2.05) is 0 Å². The van der Waals surface area contributed by atoms with E-state index in [1.54, 1.807) is 0 Å². The van der Waals surface area contributed by atoms with Gasteiger partial charge in [-0.25, -0.2) is 9.13 Å². The first kappa shape index (κ1) is 99.1. The zero-order valence-corrected chi connectivity index (χ0v) is 68.0. The van der Waals surface area contributed by atoms with Crippen LogP contribution in [0.25, 0.3) is 0 Å². The smallest absolute Gasteiger partial charge is 0.462 e. The number of rotatable bonds is 81. The molecule has 101 heavy (non-hydrogen) atoms. The summed E-state index contributed by atoms with van der Waals surface area (Å²) in [5.74, 6) is -0.524. The summed E-state index contributed by atoms with van der Waals surface area (Å²) in [7, 11) is -9.92. The Kier molecular flexibility index (Phi) is 72.2. The monoisotopic (exact) mass is 1480 g/mol. The standard InChI is InChI=1S/C82H160O17P2/c1-7-10-12-14-16-18-19-20-21-22-23-24-25-26-27-28-33-36-42-48-54-60-66-81(86)98-78(71-93-80(85)65-59-53-47-41-35-32-30-29-31-34-40-45-51-57-63-75(6)9-3)73-97-101(90,91)95-69-76(83)68-94-100(88,89)96-72-77(70-92-79(84)64-58-52-46-38-17-15-13-11-8-2)99-82(87)67-61-55-49-43-37-39-44-50-56-62-74(4)5/h74-78,83H,7-73H2,1-6H3,(H,88,89)(H,90,91)/t75?,76-,77+,78+/m0/s1. The largest absolute Gasteiger partial charge is 0.472 e. The number of ether oxygens (including phenoxy) is 4. The van der Waals surface area contributed by atoms with E-state index in [4.69, 9.17) is 37.0 Å². The van der Waals surface area contributed by atoms with E-state index in [9.17, 15) is 43.2 Å². The van der Waals surface area contributed by atoms with Crippen LogP contribution in [0.4, 0.5) is 0 Å². The molecule has 600 valence electrons. The van der Waals surface area contributed by atoms with Crippen LogP contribution in [0, 0.1) is 11.8 Å². The van der Waals surface area contributed by atoms with Crippen molar-refractivity contribution in [3.63, 3.8) is 0 Å². The van der Waals surface area contributed by atoms with Gasteiger partial charge in [-0.1, -0.05) is 382 Å². The third kappa shape index (κ3) is 74.7. The molecule has 0 spiro atoms. The normalized spacial score (nSPS) is 14.2. The van der Waals surface area contributed by atoms with Crippen molar-refractivity contribution in [1.82, 2.24) is 0 Å². The maximum absolute atomic E-state index is 13.1. The van der Waals surface area contributed by atoms with E-state index in [0.717, 1.165) is 102 Å². The molecule has 0 aromatic rings. The maximum atomic E-state index is 13.1. The molecule has 0 aliphatic rings. The van der Waals surface area contributed by atoms with Crippen molar-refractivity contribution in [3.8, 4) is 0 Å². The van der Waals surface area contributed by atoms with Gasteiger partial charge in [-0.2, -0.15) is 0 Å². The van der Waals surface area contributed by atoms with E-state index in [2.05, 4.69) is 41.5 Å². The van der Waals surface area contributed by atoms with Crippen LogP contribution in [0.2, 0.25) is 0 Å². The van der Waals surface area contributed by atoms with Crippen LogP contribution in [0.5, 0.6) is 0 Å². The van der Waals surface area contributed by atoms with E-state index in [1.165, 1.54) is 250 Å². The molecule has 0 aliphatic heterocycles. The first-order valence-corrected chi connectivity index (χ1v) is 45.5. The van der Waals surface area contributed by atoms with E-state index in [-0.39, 0.29) is 25.7 Å². The fourth-order valence-corrected chi connectivity index (χ4v) is 14.3. The topological polar surface area (TPSA) is 237 Å². The first-order valence-electron chi connectivity index (χ1n) is 42.5. The van der Waals surface area contributed by atoms with E-state index in [0.29, 0.717) is 25.7 Å². The lowest BCUT2D eigenvalue weighted by Gasteiger charge is -2.21. The minimum atomic E-state index is -4.96. The van der Waals surface area contributed by atoms with E-state index < -0.39 is 97.5 Å². The number of carbonyl (C=O) groups is 4. The van der Waals surface area contributed by atoms with Gasteiger partial charge in [0.25, 0.3) is 0 Å². The Morgan fingerprint density at radius 2 is 0.505 bits per heavy atom. The van der Waals surface area contributed by atoms with Crippen molar-refractivity contribution in [2.75, 3.05) is 39.6 Å². The molecule has 0 fully saturated rings. The summed E-state index contributed by atoms with van der Waals surface area (Å²) in [4.78, 5) is 73.0. The number of phosphoric ester groups is 2. The van der Waals surface area contributed by atoms with Crippen LogP contribution in [0.1, 0.15) is 433 Å². The van der Waals surface area contributed by atoms with Gasteiger partial charge in [0.1, 0.15) is 19.3 Å². The predicted molar refractivity (Wildman–Crippen MR) is 414 cm³/mol. The maximum Gasteiger partial charge on any atom is 0.472 e. The number of phosphoric acid groups is 2. The van der Waals surface area contributed by atoms with Crippen molar-refractivity contribution >= 4 is 39.5 Å². The lowest BCUT2D eigenvalue weighted by Crippen LogP contribution is -2.30. The Hall–Kier alpha value is -1.94. The molecule has 6 atom stereocenters. The summed E-state index contributed by atoms with van der Waals surface area (Å²) in [6.45, 7) is 9.65. The summed E-state index contributed by atoms with van der Waals surface area (Å²) in [5, 5.41) is 10.6. The lowest BCUT2D eigenvalue weighted by molar-refractivity contribution is -0.161. The number of carbonyl (C=O) groups excluding carboxylic acids is 4. The molecular formula is C82H160O17P2. The SMILES string of the molecule is CCCCCCCCCCCCCCCCCCCCCCCCC(=O)O[C@H](COC(=O)CCCCCCCCCCCCCCCCC(C)CC)COP(=O)(O)OC[C@@H](O)COP(=O)(O)OC[C@@H](COC(=O)CCCCCCCCCCC)OC(=O)CCCCCCCCCCCC(C)C. The molecule has 0 bridgehead atoms. The molecule has 0 aliphatic carbocycles. The number of hydrogen-bond donors (Lipinski definition) is 3. The minimum absolute atomic E-state index is 0.106. The van der Waals surface area contributed by atoms with Gasteiger partial charge in [-0.15, -0.1) is 0 Å². The summed E-state index contributed by atoms with van der Waals surface area (Å²) >= 11 is 0. The minimum Gasteiger partial charge on any atom is -0.462 e. The van der Waals surface area contributed by atoms with Crippen LogP contribution in [0.15, 0.2) is 0 Å². The molecule has 0 saturated heterocycles. The van der Waals surface area contributed by atoms with Gasteiger partial charge in [0.15, 0.2) is 12.2 Å². The fraction of sp³-hybridized carbons (Fsp3) is 0.951. The average molecular weight is 1480 g/mol. The highest BCUT2D eigenvalue weighted by molar-refractivity contribution is 7.47. The van der Waals surface area contributed by atoms with Gasteiger partial charge in [-0.3, -0.25) is 37.3 Å². The van der Waals surface area contributed by atoms with Crippen molar-refractivity contribution in [2.24, 2.45) is 11.8 Å². The molecule has 0 aromatic carbocycles. The number of aliphatic hydroxyl groups excluding tert-OH is 1. The Morgan fingerprint density at radius 1 is 0.287 bits per heavy atom. The lowest BCUT2D eigenvalue weighted by atomic mass is 9.99. The van der Waals surface area contributed by atoms with Crippen LogP contribution < -0.4 is 0 Å². The van der Waals surface area contributed by atoms with Gasteiger partial charge >= 0.3 is 39.5 Å². The van der Waals surface area contributed by atoms with Crippen molar-refractivity contribution in [1.29, 1.82) is 0 Å². The van der Waals surface area contributed by atoms with Crippen molar-refractivity contribution in [2.45, 2.75) is 452 Å². The zero-order valence-electron chi connectivity index (χ0n) is 66.2. The van der Waals surface area contributed by atoms with Gasteiger partial charge in [0.05, 0.1) is 26.4 Å². The molecule has 19 heteroatoms. The summed E-state index contributed by atoms with van der Waals surface area (Å²) < 4.78 is 68.7. The highest BCUT2D eigenvalue weighted by Gasteiger charge is 2.30. The summed E-state index contributed by atoms with van der Waals surface area (Å²) in [6.07, 6.45) is 64.0. The highest BCUT2D eigenvalue weighted by atomic mass is 31.2. The molecule has 0 radical (unpaired) electrons. The zero-order chi connectivity index (χ0) is 74.2. The van der Waals surface area contributed by atoms with Crippen molar-refractivity contribution < 1.29 is 80.2 Å². The van der Waals surface area contributed by atoms with Gasteiger partial charge < -0.3 is 33.8 Å². The fourth-order valence-electron chi connectivity index (χ4n) is 12.7. The third-order valence-corrected chi connectivity index (χ3v) is 21.5. The number of esters is 4. The molecule has 0 amide bonds. The number of unbranched alkanes of at least 4 members (excludes halogenated alkanes) is 50. The Morgan fingerprint density at radius 3 is 0.752 bits per heavy atom. The van der Waals surface area contributed by atoms with Gasteiger partial charge in [0, 0.05) is 25.7 Å². The molecule has 0 rings (SSSR count). The second kappa shape index (κ2) is 73.6. The van der Waals surface area contributed by atoms with Gasteiger partial charge in [-0.05, 0) is 37.5 Å². The quantitative estimate of drug-likeness (QED) is 0.0222. The molecule has 3 unspecified atom stereocenters. The highest BCUT2D eigenvalue weighted by Crippen LogP contribution is 2.45. The van der Waals surface area contributed by atoms with Crippen LogP contribution in [-0.4, -0.2) is 96.7 Å².